The van der Waals surface area contributed by atoms with Crippen LogP contribution in [0.3, 0.4) is 0 Å². The minimum absolute atomic E-state index is 0.0584. The first kappa shape index (κ1) is 16.4. The van der Waals surface area contributed by atoms with E-state index in [4.69, 9.17) is 0 Å². The lowest BCUT2D eigenvalue weighted by molar-refractivity contribution is 0.0524. The second kappa shape index (κ2) is 5.87. The number of aromatic nitrogens is 1. The van der Waals surface area contributed by atoms with E-state index in [0.29, 0.717) is 25.2 Å². The fraction of sp³-hybridized carbons (Fsp3) is 0.625. The second-order valence-corrected chi connectivity index (χ2v) is 8.59. The Hall–Kier alpha value is -1.47. The van der Waals surface area contributed by atoms with Crippen molar-refractivity contribution in [3.8, 4) is 0 Å². The van der Waals surface area contributed by atoms with Crippen LogP contribution in [-0.4, -0.2) is 59.9 Å². The van der Waals surface area contributed by atoms with E-state index in [9.17, 15) is 13.2 Å². The van der Waals surface area contributed by atoms with Crippen LogP contribution in [0.4, 0.5) is 0 Å². The molecule has 2 aliphatic rings. The van der Waals surface area contributed by atoms with E-state index in [1.165, 1.54) is 6.26 Å². The number of nitrogens with zero attached hydrogens (tertiary/aromatic N) is 3. The lowest BCUT2D eigenvalue weighted by atomic mass is 9.87. The molecule has 6 nitrogen and oxygen atoms in total. The summed E-state index contributed by atoms with van der Waals surface area (Å²) < 4.78 is 25.8. The van der Waals surface area contributed by atoms with Gasteiger partial charge in [-0.3, -0.25) is 9.78 Å². The minimum atomic E-state index is -3.25. The highest BCUT2D eigenvalue weighted by atomic mass is 32.2. The maximum atomic E-state index is 12.7. The maximum absolute atomic E-state index is 12.7. The third-order valence-corrected chi connectivity index (χ3v) is 6.30. The second-order valence-electron chi connectivity index (χ2n) is 6.68. The molecule has 1 spiro atoms. The average Bonchev–Trinajstić information content (AvgIpc) is 2.90. The molecule has 126 valence electrons. The van der Waals surface area contributed by atoms with Gasteiger partial charge in [-0.05, 0) is 44.7 Å². The summed E-state index contributed by atoms with van der Waals surface area (Å²) in [5, 5.41) is 0. The zero-order chi connectivity index (χ0) is 16.7. The van der Waals surface area contributed by atoms with Gasteiger partial charge in [0.05, 0.1) is 17.4 Å². The van der Waals surface area contributed by atoms with Gasteiger partial charge in [-0.2, -0.15) is 4.31 Å². The number of hydrogen-bond donors (Lipinski definition) is 0. The van der Waals surface area contributed by atoms with E-state index >= 15 is 0 Å². The van der Waals surface area contributed by atoms with Gasteiger partial charge < -0.3 is 4.90 Å². The molecule has 0 aromatic carbocycles. The van der Waals surface area contributed by atoms with Gasteiger partial charge in [0.2, 0.25) is 10.0 Å². The molecule has 2 fully saturated rings. The Morgan fingerprint density at radius 2 is 1.91 bits per heavy atom. The lowest BCUT2D eigenvalue weighted by Gasteiger charge is -2.44. The number of rotatable bonds is 2. The Morgan fingerprint density at radius 3 is 2.52 bits per heavy atom. The predicted molar refractivity (Wildman–Crippen MR) is 87.6 cm³/mol. The Kier molecular flexibility index (Phi) is 4.18. The van der Waals surface area contributed by atoms with Crippen LogP contribution in [0.1, 0.15) is 41.7 Å². The molecule has 0 saturated carbocycles. The van der Waals surface area contributed by atoms with Crippen molar-refractivity contribution in [2.45, 2.75) is 38.1 Å². The number of piperidine rings is 1. The molecule has 0 unspecified atom stereocenters. The van der Waals surface area contributed by atoms with Gasteiger partial charge in [0.15, 0.2) is 0 Å². The molecular formula is C16H23N3O3S. The van der Waals surface area contributed by atoms with Crippen molar-refractivity contribution < 1.29 is 13.2 Å². The zero-order valence-corrected chi connectivity index (χ0v) is 14.5. The first-order valence-electron chi connectivity index (χ1n) is 8.02. The van der Waals surface area contributed by atoms with Gasteiger partial charge in [0.1, 0.15) is 0 Å². The summed E-state index contributed by atoms with van der Waals surface area (Å²) in [4.78, 5) is 18.7. The third-order valence-electron chi connectivity index (χ3n) is 4.93. The molecule has 0 aliphatic carbocycles. The molecule has 1 aromatic rings. The Bertz CT molecular complexity index is 702. The molecular weight excluding hydrogens is 314 g/mol. The highest BCUT2D eigenvalue weighted by Gasteiger charge is 2.48. The first-order valence-corrected chi connectivity index (χ1v) is 9.86. The first-order chi connectivity index (χ1) is 10.8. The molecule has 1 aromatic heterocycles. The van der Waals surface area contributed by atoms with Crippen LogP contribution in [0.2, 0.25) is 0 Å². The molecule has 1 atom stereocenters. The lowest BCUT2D eigenvalue weighted by Crippen LogP contribution is -2.58. The summed E-state index contributed by atoms with van der Waals surface area (Å²) in [7, 11) is -3.25. The SMILES string of the molecule is Cc1ccc(C(=O)N2CCC[C@@]3(CCCN3S(C)(=O)=O)C2)cn1. The van der Waals surface area contributed by atoms with Gasteiger partial charge in [-0.1, -0.05) is 0 Å². The van der Waals surface area contributed by atoms with Gasteiger partial charge >= 0.3 is 0 Å². The van der Waals surface area contributed by atoms with Crippen LogP contribution in [0, 0.1) is 6.92 Å². The number of sulfonamides is 1. The van der Waals surface area contributed by atoms with Gasteiger partial charge in [-0.15, -0.1) is 0 Å². The van der Waals surface area contributed by atoms with Gasteiger partial charge in [-0.25, -0.2) is 8.42 Å². The minimum Gasteiger partial charge on any atom is -0.337 e. The monoisotopic (exact) mass is 337 g/mol. The van der Waals surface area contributed by atoms with E-state index < -0.39 is 15.6 Å². The molecule has 2 aliphatic heterocycles. The highest BCUT2D eigenvalue weighted by molar-refractivity contribution is 7.88. The van der Waals surface area contributed by atoms with Gasteiger partial charge in [0, 0.05) is 31.5 Å². The smallest absolute Gasteiger partial charge is 0.255 e. The Balaban J connectivity index is 1.83. The van der Waals surface area contributed by atoms with Crippen molar-refractivity contribution >= 4 is 15.9 Å². The van der Waals surface area contributed by atoms with Crippen LogP contribution >= 0.6 is 0 Å². The summed E-state index contributed by atoms with van der Waals surface area (Å²) in [6.07, 6.45) is 6.22. The number of carbonyl (C=O) groups excluding carboxylic acids is 1. The molecule has 7 heteroatoms. The molecule has 23 heavy (non-hydrogen) atoms. The van der Waals surface area contributed by atoms with Crippen LogP contribution in [0.25, 0.3) is 0 Å². The van der Waals surface area contributed by atoms with Crippen molar-refractivity contribution in [3.63, 3.8) is 0 Å². The molecule has 2 saturated heterocycles. The highest BCUT2D eigenvalue weighted by Crippen LogP contribution is 2.39. The van der Waals surface area contributed by atoms with Crippen LogP contribution < -0.4 is 0 Å². The molecule has 3 heterocycles. The number of aryl methyl sites for hydroxylation is 1. The normalized spacial score (nSPS) is 25.9. The summed E-state index contributed by atoms with van der Waals surface area (Å²) in [5.41, 5.74) is 1.02. The number of amides is 1. The van der Waals surface area contributed by atoms with E-state index in [1.807, 2.05) is 13.0 Å². The van der Waals surface area contributed by atoms with Crippen LogP contribution in [0.5, 0.6) is 0 Å². The number of hydrogen-bond acceptors (Lipinski definition) is 4. The van der Waals surface area contributed by atoms with E-state index in [0.717, 1.165) is 31.4 Å². The quantitative estimate of drug-likeness (QED) is 0.818. The fourth-order valence-corrected chi connectivity index (χ4v) is 5.31. The van der Waals surface area contributed by atoms with Crippen molar-refractivity contribution in [2.24, 2.45) is 0 Å². The molecule has 0 bridgehead atoms. The largest absolute Gasteiger partial charge is 0.337 e. The summed E-state index contributed by atoms with van der Waals surface area (Å²) >= 11 is 0. The van der Waals surface area contributed by atoms with E-state index in [1.54, 1.807) is 21.5 Å². The van der Waals surface area contributed by atoms with E-state index in [-0.39, 0.29) is 5.91 Å². The van der Waals surface area contributed by atoms with Crippen molar-refractivity contribution in [1.29, 1.82) is 0 Å². The topological polar surface area (TPSA) is 70.6 Å². The number of pyridine rings is 1. The summed E-state index contributed by atoms with van der Waals surface area (Å²) in [6.45, 7) is 3.60. The van der Waals surface area contributed by atoms with Gasteiger partial charge in [0.25, 0.3) is 5.91 Å². The van der Waals surface area contributed by atoms with Crippen molar-refractivity contribution in [3.05, 3.63) is 29.6 Å². The summed E-state index contributed by atoms with van der Waals surface area (Å²) in [5.74, 6) is -0.0584. The summed E-state index contributed by atoms with van der Waals surface area (Å²) in [6, 6.07) is 3.61. The standard InChI is InChI=1S/C16H23N3O3S/c1-13-5-6-14(11-17-13)15(20)18-9-3-7-16(12-18)8-4-10-19(16)23(2,21)22/h5-6,11H,3-4,7-10,12H2,1-2H3/t16-/m1/s1. The maximum Gasteiger partial charge on any atom is 0.255 e. The van der Waals surface area contributed by atoms with E-state index in [2.05, 4.69) is 4.98 Å². The fourth-order valence-electron chi connectivity index (χ4n) is 3.90. The molecule has 0 radical (unpaired) electrons. The Morgan fingerprint density at radius 1 is 1.22 bits per heavy atom. The van der Waals surface area contributed by atoms with Crippen molar-refractivity contribution in [2.75, 3.05) is 25.9 Å². The number of carbonyl (C=O) groups is 1. The number of likely N-dealkylation sites (tertiary alicyclic amines) is 1. The average molecular weight is 337 g/mol. The van der Waals surface area contributed by atoms with Crippen molar-refractivity contribution in [1.82, 2.24) is 14.2 Å². The Labute approximate surface area is 137 Å². The third kappa shape index (κ3) is 3.12. The molecule has 1 amide bonds. The zero-order valence-electron chi connectivity index (χ0n) is 13.7. The molecule has 3 rings (SSSR count). The van der Waals surface area contributed by atoms with Crippen LogP contribution in [0.15, 0.2) is 18.3 Å². The molecule has 0 N–H and O–H groups in total. The van der Waals surface area contributed by atoms with Crippen LogP contribution in [-0.2, 0) is 10.0 Å². The predicted octanol–water partition coefficient (Wildman–Crippen LogP) is 1.42.